The van der Waals surface area contributed by atoms with Gasteiger partial charge in [-0.2, -0.15) is 0 Å². The number of furan rings is 1. The monoisotopic (exact) mass is 492 g/mol. The smallest absolute Gasteiger partial charge is 0.152 e. The van der Waals surface area contributed by atoms with Crippen molar-refractivity contribution in [3.05, 3.63) is 133 Å². The maximum atomic E-state index is 9.27. The number of hydrogen-bond donors (Lipinski definition) is 0. The Morgan fingerprint density at radius 2 is 1.55 bits per heavy atom. The van der Waals surface area contributed by atoms with E-state index < -0.39 is 6.37 Å². The van der Waals surface area contributed by atoms with Gasteiger partial charge in [0, 0.05) is 24.6 Å². The van der Waals surface area contributed by atoms with Crippen LogP contribution in [0.1, 0.15) is 13.9 Å². The lowest BCUT2D eigenvalue weighted by atomic mass is 10.0. The average molecular weight is 493 g/mol. The summed E-state index contributed by atoms with van der Waals surface area (Å²) in [6.07, 6.45) is 3.44. The van der Waals surface area contributed by atoms with Crippen molar-refractivity contribution < 1.29 is 7.16 Å². The maximum Gasteiger partial charge on any atom is 0.152 e. The molecule has 0 aliphatic carbocycles. The van der Waals surface area contributed by atoms with Gasteiger partial charge in [-0.3, -0.25) is 9.13 Å². The zero-order chi connectivity index (χ0) is 26.8. The summed E-state index contributed by atoms with van der Waals surface area (Å²) in [5.74, 6) is 0.756. The van der Waals surface area contributed by atoms with Crippen molar-refractivity contribution in [3.8, 4) is 11.5 Å². The number of aromatic nitrogens is 4. The second-order valence-electron chi connectivity index (χ2n) is 9.36. The van der Waals surface area contributed by atoms with Crippen LogP contribution < -0.4 is 0 Å². The number of benzene rings is 4. The molecule has 4 heterocycles. The van der Waals surface area contributed by atoms with Crippen molar-refractivity contribution in [2.24, 2.45) is 0 Å². The van der Waals surface area contributed by atoms with Crippen LogP contribution in [0, 0.1) is 0 Å². The molecule has 0 spiro atoms. The summed E-state index contributed by atoms with van der Waals surface area (Å²) in [5.41, 5.74) is 6.53. The Balaban J connectivity index is 1.30. The van der Waals surface area contributed by atoms with Gasteiger partial charge < -0.3 is 4.42 Å². The van der Waals surface area contributed by atoms with E-state index in [1.807, 2.05) is 95.6 Å². The average Bonchev–Trinajstić information content (AvgIpc) is 3.72. The minimum atomic E-state index is -1.75. The SMILES string of the molecule is [2H]C([2H])(c1cccc(-n2cnc3ccccc32)c1)c1ccc2c3ccccc3n(-c3cc4ccoc4cn3)c2c1. The van der Waals surface area contributed by atoms with Crippen molar-refractivity contribution in [3.63, 3.8) is 0 Å². The van der Waals surface area contributed by atoms with Gasteiger partial charge in [0.1, 0.15) is 12.1 Å². The van der Waals surface area contributed by atoms with Crippen LogP contribution in [0.2, 0.25) is 0 Å². The molecule has 0 atom stereocenters. The number of imidazole rings is 1. The molecule has 0 N–H and O–H groups in total. The van der Waals surface area contributed by atoms with Crippen LogP contribution in [0.4, 0.5) is 0 Å². The van der Waals surface area contributed by atoms with E-state index in [1.54, 1.807) is 18.8 Å². The molecule has 5 heteroatoms. The number of rotatable bonds is 4. The summed E-state index contributed by atoms with van der Waals surface area (Å²) in [7, 11) is 0. The first-order chi connectivity index (χ1) is 19.6. The van der Waals surface area contributed by atoms with Crippen LogP contribution in [0.15, 0.2) is 126 Å². The molecule has 180 valence electrons. The van der Waals surface area contributed by atoms with E-state index in [-0.39, 0.29) is 0 Å². The third kappa shape index (κ3) is 3.26. The lowest BCUT2D eigenvalue weighted by Crippen LogP contribution is -1.98. The topological polar surface area (TPSA) is 48.8 Å². The van der Waals surface area contributed by atoms with Crippen molar-refractivity contribution in [2.45, 2.75) is 6.37 Å². The minimum Gasteiger partial charge on any atom is -0.463 e. The normalized spacial score (nSPS) is 12.9. The van der Waals surface area contributed by atoms with E-state index in [4.69, 9.17) is 9.40 Å². The molecule has 8 rings (SSSR count). The van der Waals surface area contributed by atoms with E-state index in [2.05, 4.69) is 21.7 Å². The zero-order valence-corrected chi connectivity index (χ0v) is 20.2. The molecule has 38 heavy (non-hydrogen) atoms. The molecule has 0 saturated heterocycles. The minimum absolute atomic E-state index is 0.570. The maximum absolute atomic E-state index is 9.27. The van der Waals surface area contributed by atoms with Crippen molar-refractivity contribution in [2.75, 3.05) is 0 Å². The first kappa shape index (κ1) is 19.0. The molecule has 8 aromatic rings. The van der Waals surface area contributed by atoms with Gasteiger partial charge in [-0.25, -0.2) is 9.97 Å². The van der Waals surface area contributed by atoms with E-state index in [0.29, 0.717) is 11.1 Å². The third-order valence-electron chi connectivity index (χ3n) is 7.10. The van der Waals surface area contributed by atoms with Crippen molar-refractivity contribution in [1.82, 2.24) is 19.1 Å². The summed E-state index contributed by atoms with van der Waals surface area (Å²) >= 11 is 0. The molecular formula is C33H22N4O. The second kappa shape index (κ2) is 8.18. The van der Waals surface area contributed by atoms with Gasteiger partial charge in [0.25, 0.3) is 0 Å². The largest absolute Gasteiger partial charge is 0.463 e. The standard InChI is InChI=1S/C33H22N4O/c1-3-10-29-26(8-1)27-13-12-23(18-31(27)37(29)33-19-24-14-15-38-32(24)20-34-33)16-22-6-5-7-25(17-22)36-21-35-28-9-2-4-11-30(28)36/h1-15,17-21H,16H2/i16D2. The highest BCUT2D eigenvalue weighted by molar-refractivity contribution is 6.09. The van der Waals surface area contributed by atoms with Crippen molar-refractivity contribution in [1.29, 1.82) is 0 Å². The van der Waals surface area contributed by atoms with Crippen LogP contribution in [0.3, 0.4) is 0 Å². The van der Waals surface area contributed by atoms with Crippen LogP contribution in [0.5, 0.6) is 0 Å². The summed E-state index contributed by atoms with van der Waals surface area (Å²) < 4.78 is 28.1. The van der Waals surface area contributed by atoms with Crippen LogP contribution in [-0.4, -0.2) is 19.1 Å². The quantitative estimate of drug-likeness (QED) is 0.251. The molecule has 4 aromatic heterocycles. The van der Waals surface area contributed by atoms with Crippen LogP contribution >= 0.6 is 0 Å². The fourth-order valence-corrected chi connectivity index (χ4v) is 5.34. The lowest BCUT2D eigenvalue weighted by molar-refractivity contribution is 0.614. The number of para-hydroxylation sites is 3. The van der Waals surface area contributed by atoms with Gasteiger partial charge in [-0.1, -0.05) is 54.6 Å². The van der Waals surface area contributed by atoms with Gasteiger partial charge in [-0.05, 0) is 66.0 Å². The number of nitrogens with zero attached hydrogens (tertiary/aromatic N) is 4. The Bertz CT molecular complexity index is 2220. The Hall–Kier alpha value is -5.16. The highest BCUT2D eigenvalue weighted by atomic mass is 16.3. The second-order valence-corrected chi connectivity index (χ2v) is 9.36. The van der Waals surface area contributed by atoms with E-state index >= 15 is 0 Å². The van der Waals surface area contributed by atoms with Gasteiger partial charge in [0.2, 0.25) is 0 Å². The van der Waals surface area contributed by atoms with Crippen LogP contribution in [0.25, 0.3) is 55.3 Å². The Morgan fingerprint density at radius 1 is 0.711 bits per heavy atom. The molecule has 5 nitrogen and oxygen atoms in total. The van der Waals surface area contributed by atoms with Gasteiger partial charge in [0.15, 0.2) is 5.58 Å². The van der Waals surface area contributed by atoms with E-state index in [0.717, 1.165) is 55.3 Å². The van der Waals surface area contributed by atoms with E-state index in [9.17, 15) is 2.74 Å². The number of hydrogen-bond acceptors (Lipinski definition) is 3. The fourth-order valence-electron chi connectivity index (χ4n) is 5.34. The first-order valence-corrected chi connectivity index (χ1v) is 12.5. The molecule has 0 fully saturated rings. The Labute approximate surface area is 221 Å². The summed E-state index contributed by atoms with van der Waals surface area (Å²) in [6, 6.07) is 33.6. The Morgan fingerprint density at radius 3 is 2.53 bits per heavy atom. The molecule has 0 aliphatic heterocycles. The summed E-state index contributed by atoms with van der Waals surface area (Å²) in [5, 5.41) is 3.10. The third-order valence-corrected chi connectivity index (χ3v) is 7.10. The number of fused-ring (bicyclic) bond motifs is 5. The van der Waals surface area contributed by atoms with Crippen molar-refractivity contribution >= 4 is 43.8 Å². The number of pyridine rings is 1. The first-order valence-electron chi connectivity index (χ1n) is 13.5. The molecule has 0 amide bonds. The molecule has 0 radical (unpaired) electrons. The Kier molecular flexibility index (Phi) is 4.09. The van der Waals surface area contributed by atoms with Gasteiger partial charge in [0.05, 0.1) is 34.5 Å². The summed E-state index contributed by atoms with van der Waals surface area (Å²) in [4.78, 5) is 9.21. The summed E-state index contributed by atoms with van der Waals surface area (Å²) in [6.45, 7) is 0. The predicted molar refractivity (Wildman–Crippen MR) is 152 cm³/mol. The van der Waals surface area contributed by atoms with Gasteiger partial charge in [-0.15, -0.1) is 0 Å². The van der Waals surface area contributed by atoms with Gasteiger partial charge >= 0.3 is 0 Å². The lowest BCUT2D eigenvalue weighted by Gasteiger charge is -2.10. The molecule has 0 bridgehead atoms. The fraction of sp³-hybridized carbons (Fsp3) is 0.0303. The zero-order valence-electron chi connectivity index (χ0n) is 22.2. The molecule has 0 aliphatic rings. The van der Waals surface area contributed by atoms with Crippen LogP contribution in [-0.2, 0) is 6.37 Å². The highest BCUT2D eigenvalue weighted by Crippen LogP contribution is 2.33. The molecule has 4 aromatic carbocycles. The highest BCUT2D eigenvalue weighted by Gasteiger charge is 2.14. The molecular weight excluding hydrogens is 468 g/mol. The molecule has 0 saturated carbocycles. The predicted octanol–water partition coefficient (Wildman–Crippen LogP) is 7.85. The molecule has 0 unspecified atom stereocenters. The van der Waals surface area contributed by atoms with E-state index in [1.165, 1.54) is 0 Å².